The van der Waals surface area contributed by atoms with E-state index >= 15 is 0 Å². The van der Waals surface area contributed by atoms with Gasteiger partial charge in [-0.15, -0.1) is 0 Å². The molecular formula is C18H16ClFN2O. The molecule has 1 fully saturated rings. The van der Waals surface area contributed by atoms with Crippen LogP contribution in [0.5, 0.6) is 0 Å². The minimum atomic E-state index is -0.991. The molecule has 0 radical (unpaired) electrons. The predicted octanol–water partition coefficient (Wildman–Crippen LogP) is 3.84. The zero-order valence-corrected chi connectivity index (χ0v) is 13.2. The van der Waals surface area contributed by atoms with Crippen molar-refractivity contribution in [2.75, 3.05) is 18.0 Å². The van der Waals surface area contributed by atoms with Crippen molar-refractivity contribution in [3.8, 4) is 6.07 Å². The van der Waals surface area contributed by atoms with Gasteiger partial charge in [-0.1, -0.05) is 35.9 Å². The van der Waals surface area contributed by atoms with E-state index in [0.717, 1.165) is 5.56 Å². The first-order valence-electron chi connectivity index (χ1n) is 7.46. The maximum absolute atomic E-state index is 13.8. The maximum atomic E-state index is 13.8. The summed E-state index contributed by atoms with van der Waals surface area (Å²) in [7, 11) is 0. The van der Waals surface area contributed by atoms with Crippen molar-refractivity contribution in [3.05, 3.63) is 64.4 Å². The number of anilines is 1. The van der Waals surface area contributed by atoms with E-state index in [-0.39, 0.29) is 5.56 Å². The summed E-state index contributed by atoms with van der Waals surface area (Å²) in [6.45, 7) is 1.06. The lowest BCUT2D eigenvalue weighted by Gasteiger charge is -2.40. The van der Waals surface area contributed by atoms with Gasteiger partial charge in [-0.2, -0.15) is 5.26 Å². The Labute approximate surface area is 139 Å². The fraction of sp³-hybridized carbons (Fsp3) is 0.278. The van der Waals surface area contributed by atoms with Crippen LogP contribution in [0.2, 0.25) is 5.02 Å². The van der Waals surface area contributed by atoms with Crippen LogP contribution in [0.3, 0.4) is 0 Å². The van der Waals surface area contributed by atoms with Crippen molar-refractivity contribution in [3.63, 3.8) is 0 Å². The number of benzene rings is 2. The number of nitrogens with zero attached hydrogens (tertiary/aromatic N) is 2. The van der Waals surface area contributed by atoms with Crippen LogP contribution in [0.15, 0.2) is 42.5 Å². The average molecular weight is 331 g/mol. The normalized spacial score (nSPS) is 16.9. The van der Waals surface area contributed by atoms with Crippen molar-refractivity contribution in [2.45, 2.75) is 18.4 Å². The molecule has 0 bridgehead atoms. The van der Waals surface area contributed by atoms with Crippen LogP contribution < -0.4 is 4.90 Å². The molecule has 0 atom stereocenters. The molecular weight excluding hydrogens is 315 g/mol. The number of rotatable bonds is 2. The first kappa shape index (κ1) is 15.8. The lowest BCUT2D eigenvalue weighted by atomic mass is 9.84. The van der Waals surface area contributed by atoms with E-state index in [4.69, 9.17) is 16.9 Å². The van der Waals surface area contributed by atoms with Gasteiger partial charge < -0.3 is 10.0 Å². The van der Waals surface area contributed by atoms with Gasteiger partial charge in [0.1, 0.15) is 17.4 Å². The highest BCUT2D eigenvalue weighted by atomic mass is 35.5. The van der Waals surface area contributed by atoms with E-state index in [2.05, 4.69) is 0 Å². The highest BCUT2D eigenvalue weighted by molar-refractivity contribution is 6.31. The van der Waals surface area contributed by atoms with Gasteiger partial charge in [0.25, 0.3) is 0 Å². The van der Waals surface area contributed by atoms with Gasteiger partial charge in [0.15, 0.2) is 0 Å². The third-order valence-electron chi connectivity index (χ3n) is 4.41. The summed E-state index contributed by atoms with van der Waals surface area (Å²) in [4.78, 5) is 1.94. The van der Waals surface area contributed by atoms with Gasteiger partial charge in [0.2, 0.25) is 0 Å². The quantitative estimate of drug-likeness (QED) is 0.910. The molecule has 0 aromatic heterocycles. The highest BCUT2D eigenvalue weighted by Gasteiger charge is 2.36. The second-order valence-corrected chi connectivity index (χ2v) is 6.15. The van der Waals surface area contributed by atoms with Crippen LogP contribution >= 0.6 is 11.6 Å². The summed E-state index contributed by atoms with van der Waals surface area (Å²) in [5.74, 6) is -0.517. The summed E-state index contributed by atoms with van der Waals surface area (Å²) in [6.07, 6.45) is 0.941. The third-order valence-corrected chi connectivity index (χ3v) is 4.74. The zero-order valence-electron chi connectivity index (χ0n) is 12.5. The van der Waals surface area contributed by atoms with Crippen LogP contribution in [0.1, 0.15) is 24.0 Å². The Balaban J connectivity index is 1.83. The van der Waals surface area contributed by atoms with Crippen LogP contribution in [0.4, 0.5) is 10.1 Å². The van der Waals surface area contributed by atoms with E-state index in [9.17, 15) is 9.50 Å². The maximum Gasteiger partial charge on any atom is 0.143 e. The van der Waals surface area contributed by atoms with Crippen LogP contribution in [0, 0.1) is 17.1 Å². The molecule has 0 aliphatic carbocycles. The predicted molar refractivity (Wildman–Crippen MR) is 87.9 cm³/mol. The van der Waals surface area contributed by atoms with Crippen LogP contribution in [0.25, 0.3) is 0 Å². The summed E-state index contributed by atoms with van der Waals surface area (Å²) >= 11 is 6.20. The van der Waals surface area contributed by atoms with Crippen LogP contribution in [-0.4, -0.2) is 18.2 Å². The topological polar surface area (TPSA) is 47.3 Å². The molecule has 5 heteroatoms. The Morgan fingerprint density at radius 3 is 2.48 bits per heavy atom. The Kier molecular flexibility index (Phi) is 4.25. The molecule has 2 aromatic carbocycles. The van der Waals surface area contributed by atoms with Gasteiger partial charge in [-0.25, -0.2) is 4.39 Å². The SMILES string of the molecule is N#Cc1c(F)cccc1N1CCC(O)(c2ccccc2Cl)CC1. The molecule has 3 nitrogen and oxygen atoms in total. The lowest BCUT2D eigenvalue weighted by molar-refractivity contribution is 0.0119. The Morgan fingerprint density at radius 1 is 1.13 bits per heavy atom. The van der Waals surface area contributed by atoms with Gasteiger partial charge >= 0.3 is 0 Å². The summed E-state index contributed by atoms with van der Waals surface area (Å²) in [5.41, 5.74) is 0.361. The number of hydrogen-bond acceptors (Lipinski definition) is 3. The van der Waals surface area contributed by atoms with Gasteiger partial charge in [0.05, 0.1) is 11.3 Å². The highest BCUT2D eigenvalue weighted by Crippen LogP contribution is 2.38. The molecule has 0 saturated carbocycles. The van der Waals surface area contributed by atoms with E-state index in [0.29, 0.717) is 36.6 Å². The second-order valence-electron chi connectivity index (χ2n) is 5.74. The number of nitriles is 1. The van der Waals surface area contributed by atoms with E-state index in [1.54, 1.807) is 18.2 Å². The molecule has 23 heavy (non-hydrogen) atoms. The van der Waals surface area contributed by atoms with Crippen molar-refractivity contribution in [1.82, 2.24) is 0 Å². The molecule has 0 spiro atoms. The molecule has 1 saturated heterocycles. The molecule has 2 aromatic rings. The first-order chi connectivity index (χ1) is 11.0. The molecule has 1 heterocycles. The molecule has 1 N–H and O–H groups in total. The van der Waals surface area contributed by atoms with Gasteiger partial charge in [-0.05, 0) is 31.0 Å². The smallest absolute Gasteiger partial charge is 0.143 e. The number of hydrogen-bond donors (Lipinski definition) is 1. The van der Waals surface area contributed by atoms with Gasteiger partial charge in [-0.3, -0.25) is 0 Å². The summed E-state index contributed by atoms with van der Waals surface area (Å²) < 4.78 is 13.8. The minimum absolute atomic E-state index is 0.0516. The number of piperidine rings is 1. The monoisotopic (exact) mass is 330 g/mol. The number of halogens is 2. The lowest BCUT2D eigenvalue weighted by Crippen LogP contribution is -2.43. The molecule has 3 rings (SSSR count). The molecule has 1 aliphatic rings. The van der Waals surface area contributed by atoms with Crippen molar-refractivity contribution >= 4 is 17.3 Å². The molecule has 118 valence electrons. The van der Waals surface area contributed by atoms with Crippen molar-refractivity contribution in [1.29, 1.82) is 5.26 Å². The molecule has 1 aliphatic heterocycles. The standard InChI is InChI=1S/C18H16ClFN2O/c19-15-5-2-1-4-14(15)18(23)8-10-22(11-9-18)17-7-3-6-16(20)13(17)12-21/h1-7,23H,8-11H2. The largest absolute Gasteiger partial charge is 0.385 e. The fourth-order valence-electron chi connectivity index (χ4n) is 3.11. The summed E-state index contributed by atoms with van der Waals surface area (Å²) in [5, 5.41) is 20.6. The van der Waals surface area contributed by atoms with E-state index in [1.807, 2.05) is 29.2 Å². The number of aliphatic hydroxyl groups is 1. The van der Waals surface area contributed by atoms with Crippen molar-refractivity contribution < 1.29 is 9.50 Å². The van der Waals surface area contributed by atoms with Crippen LogP contribution in [-0.2, 0) is 5.60 Å². The molecule has 0 unspecified atom stereocenters. The van der Waals surface area contributed by atoms with E-state index in [1.165, 1.54) is 6.07 Å². The molecule has 0 amide bonds. The Morgan fingerprint density at radius 2 is 1.83 bits per heavy atom. The first-order valence-corrected chi connectivity index (χ1v) is 7.84. The summed E-state index contributed by atoms with van der Waals surface area (Å²) in [6, 6.07) is 13.8. The zero-order chi connectivity index (χ0) is 16.4. The van der Waals surface area contributed by atoms with E-state index < -0.39 is 11.4 Å². The second kappa shape index (κ2) is 6.19. The minimum Gasteiger partial charge on any atom is -0.385 e. The van der Waals surface area contributed by atoms with Crippen molar-refractivity contribution in [2.24, 2.45) is 0 Å². The Bertz CT molecular complexity index is 764. The van der Waals surface area contributed by atoms with Gasteiger partial charge in [0, 0.05) is 23.7 Å². The Hall–Kier alpha value is -2.09. The third kappa shape index (κ3) is 2.90. The average Bonchev–Trinajstić information content (AvgIpc) is 2.55. The fourth-order valence-corrected chi connectivity index (χ4v) is 3.42.